The number of hydrogen-bond acceptors (Lipinski definition) is 8. The molecule has 1 aliphatic heterocycles. The Bertz CT molecular complexity index is 1660. The van der Waals surface area contributed by atoms with Crippen molar-refractivity contribution in [2.24, 2.45) is 0 Å². The summed E-state index contributed by atoms with van der Waals surface area (Å²) < 4.78 is 22.3. The summed E-state index contributed by atoms with van der Waals surface area (Å²) in [5, 5.41) is 7.24. The average molecular weight is 566 g/mol. The van der Waals surface area contributed by atoms with Crippen LogP contribution in [0.1, 0.15) is 42.3 Å². The summed E-state index contributed by atoms with van der Waals surface area (Å²) in [6, 6.07) is 20.7. The summed E-state index contributed by atoms with van der Waals surface area (Å²) in [7, 11) is 4.73. The quantitative estimate of drug-likeness (QED) is 0.162. The molecular weight excluding hydrogens is 530 g/mol. The van der Waals surface area contributed by atoms with Gasteiger partial charge in [-0.15, -0.1) is 0 Å². The standard InChI is InChI=1S/C34H35N3O5/c1-21-19-34(2,3)37-28-16-15-23(26(31(21)28)20-36-27-11-7-8-12-29(27)39-4)24-14-13-22(18-30(24)40-5)42-33(38)25-10-9-17-35-32(25)41-6/h7-19,36-37H,20H2,1-6H3. The molecule has 42 heavy (non-hydrogen) atoms. The summed E-state index contributed by atoms with van der Waals surface area (Å²) >= 11 is 0. The first-order valence-corrected chi connectivity index (χ1v) is 13.6. The maximum absolute atomic E-state index is 12.9. The highest BCUT2D eigenvalue weighted by Crippen LogP contribution is 2.43. The second-order valence-electron chi connectivity index (χ2n) is 10.6. The third kappa shape index (κ3) is 5.74. The molecule has 0 spiro atoms. The topological polar surface area (TPSA) is 90.9 Å². The van der Waals surface area contributed by atoms with Gasteiger partial charge in [0.1, 0.15) is 22.8 Å². The van der Waals surface area contributed by atoms with Gasteiger partial charge in [-0.25, -0.2) is 9.78 Å². The molecule has 5 rings (SSSR count). The van der Waals surface area contributed by atoms with Gasteiger partial charge in [0, 0.05) is 35.6 Å². The minimum atomic E-state index is -0.570. The molecule has 2 N–H and O–H groups in total. The molecule has 3 aromatic carbocycles. The maximum atomic E-state index is 12.9. The van der Waals surface area contributed by atoms with E-state index in [4.69, 9.17) is 18.9 Å². The van der Waals surface area contributed by atoms with Crippen molar-refractivity contribution in [2.45, 2.75) is 32.9 Å². The number of nitrogens with one attached hydrogen (secondary N) is 2. The van der Waals surface area contributed by atoms with Crippen molar-refractivity contribution in [2.75, 3.05) is 32.0 Å². The molecule has 0 atom stereocenters. The molecule has 2 heterocycles. The minimum Gasteiger partial charge on any atom is -0.496 e. The molecule has 1 aliphatic rings. The van der Waals surface area contributed by atoms with Crippen LogP contribution in [0, 0.1) is 0 Å². The molecule has 216 valence electrons. The van der Waals surface area contributed by atoms with Crippen molar-refractivity contribution < 1.29 is 23.7 Å². The number of aromatic nitrogens is 1. The number of ether oxygens (including phenoxy) is 4. The van der Waals surface area contributed by atoms with Gasteiger partial charge in [0.2, 0.25) is 5.88 Å². The molecule has 0 radical (unpaired) electrons. The number of pyridine rings is 1. The number of para-hydroxylation sites is 2. The summed E-state index contributed by atoms with van der Waals surface area (Å²) in [5.74, 6) is 1.32. The van der Waals surface area contributed by atoms with Crippen LogP contribution in [-0.4, -0.2) is 37.8 Å². The average Bonchev–Trinajstić information content (AvgIpc) is 2.99. The van der Waals surface area contributed by atoms with Crippen LogP contribution in [0.25, 0.3) is 16.7 Å². The molecule has 0 saturated heterocycles. The van der Waals surface area contributed by atoms with Crippen molar-refractivity contribution >= 4 is 22.9 Å². The van der Waals surface area contributed by atoms with E-state index >= 15 is 0 Å². The van der Waals surface area contributed by atoms with Gasteiger partial charge in [-0.05, 0) is 79.9 Å². The smallest absolute Gasteiger partial charge is 0.349 e. The molecule has 0 bridgehead atoms. The maximum Gasteiger partial charge on any atom is 0.349 e. The van der Waals surface area contributed by atoms with E-state index in [-0.39, 0.29) is 17.0 Å². The SMILES string of the molecule is COc1ccccc1NCc1c(-c2ccc(OC(=O)c3cccnc3OC)cc2OC)ccc2c1C(C)=CC(C)(C)N2. The van der Waals surface area contributed by atoms with E-state index in [9.17, 15) is 4.79 Å². The Morgan fingerprint density at radius 2 is 1.67 bits per heavy atom. The van der Waals surface area contributed by atoms with Gasteiger partial charge in [-0.1, -0.05) is 24.3 Å². The molecule has 1 aromatic heterocycles. The Labute approximate surface area is 246 Å². The Kier molecular flexibility index (Phi) is 8.06. The van der Waals surface area contributed by atoms with E-state index in [1.165, 1.54) is 12.7 Å². The van der Waals surface area contributed by atoms with E-state index in [1.807, 2.05) is 30.3 Å². The predicted octanol–water partition coefficient (Wildman–Crippen LogP) is 7.21. The number of methoxy groups -OCH3 is 3. The zero-order valence-electron chi connectivity index (χ0n) is 24.7. The van der Waals surface area contributed by atoms with Gasteiger partial charge < -0.3 is 29.6 Å². The Balaban J connectivity index is 1.55. The fourth-order valence-corrected chi connectivity index (χ4v) is 5.44. The van der Waals surface area contributed by atoms with Crippen LogP contribution in [0.15, 0.2) is 79.0 Å². The lowest BCUT2D eigenvalue weighted by Gasteiger charge is -2.33. The number of esters is 1. The number of nitrogens with zero attached hydrogens (tertiary/aromatic N) is 1. The first-order valence-electron chi connectivity index (χ1n) is 13.6. The molecule has 0 amide bonds. The predicted molar refractivity (Wildman–Crippen MR) is 166 cm³/mol. The first kappa shape index (κ1) is 28.5. The second-order valence-corrected chi connectivity index (χ2v) is 10.6. The van der Waals surface area contributed by atoms with Gasteiger partial charge in [-0.3, -0.25) is 0 Å². The number of rotatable bonds is 9. The fourth-order valence-electron chi connectivity index (χ4n) is 5.44. The lowest BCUT2D eigenvalue weighted by Crippen LogP contribution is -2.32. The zero-order chi connectivity index (χ0) is 29.9. The number of anilines is 2. The van der Waals surface area contributed by atoms with E-state index in [0.717, 1.165) is 39.4 Å². The van der Waals surface area contributed by atoms with Gasteiger partial charge in [0.25, 0.3) is 0 Å². The van der Waals surface area contributed by atoms with E-state index in [0.29, 0.717) is 18.0 Å². The number of allylic oxidation sites excluding steroid dienone is 1. The summed E-state index contributed by atoms with van der Waals surface area (Å²) in [5.41, 5.74) is 7.30. The summed E-state index contributed by atoms with van der Waals surface area (Å²) in [6.07, 6.45) is 3.80. The zero-order valence-corrected chi connectivity index (χ0v) is 24.7. The van der Waals surface area contributed by atoms with Crippen molar-refractivity contribution in [3.63, 3.8) is 0 Å². The van der Waals surface area contributed by atoms with E-state index < -0.39 is 5.97 Å². The van der Waals surface area contributed by atoms with Crippen molar-refractivity contribution in [3.05, 3.63) is 95.7 Å². The third-order valence-electron chi connectivity index (χ3n) is 7.16. The molecule has 0 unspecified atom stereocenters. The summed E-state index contributed by atoms with van der Waals surface area (Å²) in [4.78, 5) is 17.0. The highest BCUT2D eigenvalue weighted by molar-refractivity contribution is 5.94. The highest BCUT2D eigenvalue weighted by atomic mass is 16.5. The minimum absolute atomic E-state index is 0.174. The Morgan fingerprint density at radius 3 is 2.43 bits per heavy atom. The molecule has 4 aromatic rings. The van der Waals surface area contributed by atoms with Crippen molar-refractivity contribution in [3.8, 4) is 34.3 Å². The molecule has 0 fully saturated rings. The van der Waals surface area contributed by atoms with Gasteiger partial charge in [-0.2, -0.15) is 0 Å². The van der Waals surface area contributed by atoms with Crippen LogP contribution in [0.4, 0.5) is 11.4 Å². The number of hydrogen-bond donors (Lipinski definition) is 2. The molecule has 8 heteroatoms. The van der Waals surface area contributed by atoms with Crippen LogP contribution in [0.3, 0.4) is 0 Å². The highest BCUT2D eigenvalue weighted by Gasteiger charge is 2.27. The van der Waals surface area contributed by atoms with Crippen LogP contribution in [0.5, 0.6) is 23.1 Å². The molecule has 8 nitrogen and oxygen atoms in total. The van der Waals surface area contributed by atoms with Gasteiger partial charge in [0.15, 0.2) is 0 Å². The normalized spacial score (nSPS) is 13.2. The molecule has 0 saturated carbocycles. The summed E-state index contributed by atoms with van der Waals surface area (Å²) in [6.45, 7) is 6.99. The van der Waals surface area contributed by atoms with Crippen LogP contribution >= 0.6 is 0 Å². The number of fused-ring (bicyclic) bond motifs is 1. The van der Waals surface area contributed by atoms with E-state index in [2.05, 4.69) is 54.6 Å². The Hall–Kier alpha value is -4.98. The first-order chi connectivity index (χ1) is 20.2. The second kappa shape index (κ2) is 11.9. The molecular formula is C34H35N3O5. The lowest BCUT2D eigenvalue weighted by molar-refractivity contribution is 0.0730. The lowest BCUT2D eigenvalue weighted by atomic mass is 9.85. The number of carbonyl (C=O) groups excluding carboxylic acids is 1. The van der Waals surface area contributed by atoms with Crippen LogP contribution in [-0.2, 0) is 6.54 Å². The van der Waals surface area contributed by atoms with Crippen molar-refractivity contribution in [1.82, 2.24) is 4.98 Å². The van der Waals surface area contributed by atoms with Crippen LogP contribution in [0.2, 0.25) is 0 Å². The fraction of sp³-hybridized carbons (Fsp3) is 0.235. The monoisotopic (exact) mass is 565 g/mol. The van der Waals surface area contributed by atoms with Gasteiger partial charge >= 0.3 is 5.97 Å². The number of benzene rings is 3. The van der Waals surface area contributed by atoms with E-state index in [1.54, 1.807) is 44.7 Å². The van der Waals surface area contributed by atoms with Gasteiger partial charge in [0.05, 0.1) is 32.6 Å². The largest absolute Gasteiger partial charge is 0.496 e. The number of carbonyl (C=O) groups is 1. The Morgan fingerprint density at radius 1 is 0.905 bits per heavy atom. The molecule has 0 aliphatic carbocycles. The van der Waals surface area contributed by atoms with Crippen molar-refractivity contribution in [1.29, 1.82) is 0 Å². The van der Waals surface area contributed by atoms with Crippen LogP contribution < -0.4 is 29.6 Å². The third-order valence-corrected chi connectivity index (χ3v) is 7.16.